The Bertz CT molecular complexity index is 1110. The zero-order valence-electron chi connectivity index (χ0n) is 16.1. The first kappa shape index (κ1) is 17.9. The molecule has 0 aliphatic heterocycles. The van der Waals surface area contributed by atoms with Gasteiger partial charge in [-0.3, -0.25) is 0 Å². The van der Waals surface area contributed by atoms with Crippen LogP contribution in [0.15, 0.2) is 30.6 Å². The number of benzene rings is 1. The summed E-state index contributed by atoms with van der Waals surface area (Å²) in [4.78, 5) is 11.0. The van der Waals surface area contributed by atoms with Gasteiger partial charge in [0.05, 0.1) is 26.0 Å². The molecular formula is C20H24ClN6+. The van der Waals surface area contributed by atoms with Gasteiger partial charge >= 0.3 is 0 Å². The second-order valence-electron chi connectivity index (χ2n) is 7.33. The lowest BCUT2D eigenvalue weighted by Gasteiger charge is -2.10. The highest BCUT2D eigenvalue weighted by molar-refractivity contribution is 6.30. The van der Waals surface area contributed by atoms with E-state index >= 15 is 0 Å². The van der Waals surface area contributed by atoms with E-state index in [1.165, 1.54) is 16.2 Å². The van der Waals surface area contributed by atoms with E-state index < -0.39 is 0 Å². The maximum absolute atomic E-state index is 6.00. The van der Waals surface area contributed by atoms with Crippen LogP contribution in [0.5, 0.6) is 0 Å². The number of rotatable bonds is 5. The maximum atomic E-state index is 6.00. The molecule has 0 aliphatic carbocycles. The number of hydrogen-bond donors (Lipinski definition) is 1. The summed E-state index contributed by atoms with van der Waals surface area (Å²) >= 11 is 6.00. The van der Waals surface area contributed by atoms with Crippen LogP contribution in [0.3, 0.4) is 0 Å². The minimum absolute atomic E-state index is 0.682. The molecule has 1 N–H and O–H groups in total. The van der Waals surface area contributed by atoms with Crippen molar-refractivity contribution in [1.82, 2.24) is 24.1 Å². The van der Waals surface area contributed by atoms with Gasteiger partial charge in [0.25, 0.3) is 0 Å². The van der Waals surface area contributed by atoms with Gasteiger partial charge < -0.3 is 9.47 Å². The van der Waals surface area contributed by atoms with Crippen molar-refractivity contribution in [1.29, 1.82) is 0 Å². The Hall–Kier alpha value is -2.44. The van der Waals surface area contributed by atoms with Crippen molar-refractivity contribution in [3.8, 4) is 11.4 Å². The molecule has 0 atom stereocenters. The Kier molecular flexibility index (Phi) is 4.61. The summed E-state index contributed by atoms with van der Waals surface area (Å²) in [5.74, 6) is 0.682. The van der Waals surface area contributed by atoms with Crippen LogP contribution >= 0.6 is 11.6 Å². The predicted molar refractivity (Wildman–Crippen MR) is 108 cm³/mol. The summed E-state index contributed by atoms with van der Waals surface area (Å²) in [7, 11) is 4.37. The van der Waals surface area contributed by atoms with Crippen LogP contribution in [-0.4, -0.2) is 44.8 Å². The van der Waals surface area contributed by atoms with Gasteiger partial charge in [0.15, 0.2) is 11.5 Å². The standard InChI is InChI=1S/C20H23ClN6/c1-13-14(2)26(11-5-10-25(3)4)19-17(13)20-23-18(24-27(20)12-22-19)15-6-8-16(21)9-7-15/h6-9,12H,5,10-11H2,1-4H3/p+1. The Morgan fingerprint density at radius 2 is 1.81 bits per heavy atom. The quantitative estimate of drug-likeness (QED) is 0.576. The van der Waals surface area contributed by atoms with Gasteiger partial charge in [0, 0.05) is 29.2 Å². The lowest BCUT2D eigenvalue weighted by atomic mass is 10.2. The van der Waals surface area contributed by atoms with Gasteiger partial charge in [0.1, 0.15) is 12.0 Å². The van der Waals surface area contributed by atoms with Crippen molar-refractivity contribution < 1.29 is 4.90 Å². The molecule has 4 rings (SSSR count). The summed E-state index contributed by atoms with van der Waals surface area (Å²) in [5.41, 5.74) is 5.24. The van der Waals surface area contributed by atoms with E-state index in [0.717, 1.165) is 41.8 Å². The van der Waals surface area contributed by atoms with Crippen LogP contribution in [0.25, 0.3) is 28.1 Å². The van der Waals surface area contributed by atoms with Crippen molar-refractivity contribution in [2.75, 3.05) is 20.6 Å². The summed E-state index contributed by atoms with van der Waals surface area (Å²) in [5, 5.41) is 6.40. The highest BCUT2D eigenvalue weighted by Crippen LogP contribution is 2.28. The molecule has 0 saturated carbocycles. The molecule has 0 aliphatic rings. The first-order chi connectivity index (χ1) is 13.0. The molecule has 6 nitrogen and oxygen atoms in total. The lowest BCUT2D eigenvalue weighted by molar-refractivity contribution is -0.858. The van der Waals surface area contributed by atoms with Gasteiger partial charge in [-0.25, -0.2) is 14.5 Å². The summed E-state index contributed by atoms with van der Waals surface area (Å²) in [6.45, 7) is 6.39. The Balaban J connectivity index is 1.82. The molecule has 0 saturated heterocycles. The highest BCUT2D eigenvalue weighted by atomic mass is 35.5. The van der Waals surface area contributed by atoms with Gasteiger partial charge in [-0.05, 0) is 43.7 Å². The van der Waals surface area contributed by atoms with Crippen molar-refractivity contribution in [2.24, 2.45) is 0 Å². The average molecular weight is 384 g/mol. The highest BCUT2D eigenvalue weighted by Gasteiger charge is 2.18. The molecule has 0 bridgehead atoms. The fourth-order valence-corrected chi connectivity index (χ4v) is 3.64. The van der Waals surface area contributed by atoms with E-state index in [1.807, 2.05) is 24.3 Å². The zero-order chi connectivity index (χ0) is 19.1. The first-order valence-electron chi connectivity index (χ1n) is 9.21. The molecule has 4 aromatic rings. The van der Waals surface area contributed by atoms with Crippen molar-refractivity contribution in [3.05, 3.63) is 46.9 Å². The Labute approximate surface area is 163 Å². The van der Waals surface area contributed by atoms with Crippen LogP contribution in [-0.2, 0) is 6.54 Å². The third-order valence-corrected chi connectivity index (χ3v) is 5.36. The van der Waals surface area contributed by atoms with Gasteiger partial charge in [0.2, 0.25) is 0 Å². The summed E-state index contributed by atoms with van der Waals surface area (Å²) in [6.07, 6.45) is 2.87. The molecule has 1 aromatic carbocycles. The maximum Gasteiger partial charge on any atom is 0.182 e. The molecule has 0 fully saturated rings. The number of halogens is 1. The zero-order valence-corrected chi connectivity index (χ0v) is 16.9. The number of nitrogens with zero attached hydrogens (tertiary/aromatic N) is 5. The van der Waals surface area contributed by atoms with Gasteiger partial charge in [-0.2, -0.15) is 0 Å². The molecule has 3 aromatic heterocycles. The van der Waals surface area contributed by atoms with E-state index in [2.05, 4.69) is 37.6 Å². The second kappa shape index (κ2) is 6.94. The lowest BCUT2D eigenvalue weighted by Crippen LogP contribution is -3.05. The van der Waals surface area contributed by atoms with Crippen LogP contribution in [0.2, 0.25) is 5.02 Å². The molecule has 3 heterocycles. The van der Waals surface area contributed by atoms with Crippen LogP contribution in [0.4, 0.5) is 0 Å². The molecule has 0 unspecified atom stereocenters. The molecule has 0 radical (unpaired) electrons. The van der Waals surface area contributed by atoms with Crippen LogP contribution in [0, 0.1) is 13.8 Å². The molecular weight excluding hydrogens is 360 g/mol. The summed E-state index contributed by atoms with van der Waals surface area (Å²) < 4.78 is 4.08. The average Bonchev–Trinajstić information content (AvgIpc) is 3.17. The van der Waals surface area contributed by atoms with E-state index in [-0.39, 0.29) is 0 Å². The number of quaternary nitrogens is 1. The third kappa shape index (κ3) is 3.19. The largest absolute Gasteiger partial charge is 0.340 e. The van der Waals surface area contributed by atoms with Crippen LogP contribution in [0.1, 0.15) is 17.7 Å². The van der Waals surface area contributed by atoms with Gasteiger partial charge in [-0.1, -0.05) is 11.6 Å². The Morgan fingerprint density at radius 3 is 2.52 bits per heavy atom. The van der Waals surface area contributed by atoms with Crippen molar-refractivity contribution in [2.45, 2.75) is 26.8 Å². The molecule has 27 heavy (non-hydrogen) atoms. The molecule has 0 spiro atoms. The van der Waals surface area contributed by atoms with E-state index in [4.69, 9.17) is 21.6 Å². The van der Waals surface area contributed by atoms with Crippen molar-refractivity contribution in [3.63, 3.8) is 0 Å². The van der Waals surface area contributed by atoms with Gasteiger partial charge in [-0.15, -0.1) is 5.10 Å². The van der Waals surface area contributed by atoms with Crippen LogP contribution < -0.4 is 4.90 Å². The third-order valence-electron chi connectivity index (χ3n) is 5.11. The normalized spacial score (nSPS) is 11.9. The monoisotopic (exact) mass is 383 g/mol. The minimum Gasteiger partial charge on any atom is -0.340 e. The van der Waals surface area contributed by atoms with E-state index in [9.17, 15) is 0 Å². The van der Waals surface area contributed by atoms with E-state index in [0.29, 0.717) is 10.8 Å². The topological polar surface area (TPSA) is 52.5 Å². The fourth-order valence-electron chi connectivity index (χ4n) is 3.52. The first-order valence-corrected chi connectivity index (χ1v) is 9.59. The summed E-state index contributed by atoms with van der Waals surface area (Å²) in [6, 6.07) is 7.59. The molecule has 7 heteroatoms. The number of aromatic nitrogens is 5. The second-order valence-corrected chi connectivity index (χ2v) is 7.76. The smallest absolute Gasteiger partial charge is 0.182 e. The number of nitrogens with one attached hydrogen (secondary N) is 1. The molecule has 0 amide bonds. The fraction of sp³-hybridized carbons (Fsp3) is 0.350. The number of hydrogen-bond acceptors (Lipinski definition) is 3. The SMILES string of the molecule is Cc1c(C)n(CCC[NH+](C)C)c2ncn3nc(-c4ccc(Cl)cc4)nc3c12. The van der Waals surface area contributed by atoms with Crippen molar-refractivity contribution >= 4 is 28.3 Å². The Morgan fingerprint density at radius 1 is 1.07 bits per heavy atom. The minimum atomic E-state index is 0.682. The van der Waals surface area contributed by atoms with E-state index in [1.54, 1.807) is 10.8 Å². The molecule has 140 valence electrons. The number of aryl methyl sites for hydroxylation is 2. The number of fused-ring (bicyclic) bond motifs is 3. The predicted octanol–water partition coefficient (Wildman–Crippen LogP) is 2.55.